The molecule has 0 bridgehead atoms. The number of rotatable bonds is 1. The van der Waals surface area contributed by atoms with Crippen LogP contribution in [0.15, 0.2) is 29.4 Å². The zero-order valence-corrected chi connectivity index (χ0v) is 6.47. The monoisotopic (exact) mass is 160 g/mol. The molecule has 0 aromatic heterocycles. The van der Waals surface area contributed by atoms with Crippen LogP contribution in [0.3, 0.4) is 0 Å². The highest BCUT2D eigenvalue weighted by molar-refractivity contribution is 5.83. The number of benzene rings is 1. The summed E-state index contributed by atoms with van der Waals surface area (Å²) in [5, 5.41) is 5.28. The first kappa shape index (κ1) is 7.03. The van der Waals surface area contributed by atoms with E-state index in [1.165, 1.54) is 5.01 Å². The Hall–Kier alpha value is -1.64. The molecule has 0 N–H and O–H groups in total. The molecule has 60 valence electrons. The van der Waals surface area contributed by atoms with Gasteiger partial charge >= 0.3 is 0 Å². The highest BCUT2D eigenvalue weighted by Gasteiger charge is 2.11. The van der Waals surface area contributed by atoms with Crippen molar-refractivity contribution in [1.82, 2.24) is 0 Å². The lowest BCUT2D eigenvalue weighted by molar-refractivity contribution is -0.107. The Bertz CT molecular complexity index is 333. The molecule has 0 spiro atoms. The van der Waals surface area contributed by atoms with Gasteiger partial charge in [-0.25, -0.2) is 5.01 Å². The van der Waals surface area contributed by atoms with Gasteiger partial charge in [-0.2, -0.15) is 5.10 Å². The van der Waals surface area contributed by atoms with E-state index in [9.17, 15) is 4.79 Å². The molecular formula is C9H8N2O. The summed E-state index contributed by atoms with van der Waals surface area (Å²) in [5.41, 5.74) is 2.02. The van der Waals surface area contributed by atoms with Crippen LogP contribution in [0.5, 0.6) is 0 Å². The topological polar surface area (TPSA) is 32.7 Å². The van der Waals surface area contributed by atoms with E-state index in [-0.39, 0.29) is 0 Å². The largest absolute Gasteiger partial charge is 0.276 e. The number of nitrogens with zero attached hydrogens (tertiary/aromatic N) is 2. The van der Waals surface area contributed by atoms with Crippen molar-refractivity contribution in [2.45, 2.75) is 6.42 Å². The molecule has 1 aliphatic rings. The minimum absolute atomic E-state index is 0.717. The van der Waals surface area contributed by atoms with Gasteiger partial charge in [0.1, 0.15) is 0 Å². The van der Waals surface area contributed by atoms with Gasteiger partial charge in [0.25, 0.3) is 0 Å². The summed E-state index contributed by atoms with van der Waals surface area (Å²) in [5.74, 6) is 0. The van der Waals surface area contributed by atoms with Crippen molar-refractivity contribution < 1.29 is 4.79 Å². The number of carbonyl (C=O) groups is 1. The summed E-state index contributed by atoms with van der Waals surface area (Å²) in [4.78, 5) is 10.5. The fourth-order valence-electron chi connectivity index (χ4n) is 1.28. The van der Waals surface area contributed by atoms with E-state index in [2.05, 4.69) is 5.10 Å². The van der Waals surface area contributed by atoms with Crippen molar-refractivity contribution in [2.75, 3.05) is 5.01 Å². The summed E-state index contributed by atoms with van der Waals surface area (Å²) in [6.07, 6.45) is 3.26. The first-order valence-electron chi connectivity index (χ1n) is 3.76. The second kappa shape index (κ2) is 2.77. The van der Waals surface area contributed by atoms with Gasteiger partial charge in [0.15, 0.2) is 0 Å². The van der Waals surface area contributed by atoms with Crippen molar-refractivity contribution in [2.24, 2.45) is 5.10 Å². The third-order valence-corrected chi connectivity index (χ3v) is 1.86. The Balaban J connectivity index is 2.49. The van der Waals surface area contributed by atoms with Gasteiger partial charge in [-0.05, 0) is 11.6 Å². The van der Waals surface area contributed by atoms with Crippen molar-refractivity contribution in [3.05, 3.63) is 29.8 Å². The maximum atomic E-state index is 10.5. The fourth-order valence-corrected chi connectivity index (χ4v) is 1.28. The molecule has 0 fully saturated rings. The highest BCUT2D eigenvalue weighted by Crippen LogP contribution is 2.21. The molecule has 0 saturated carbocycles. The minimum atomic E-state index is 0.717. The van der Waals surface area contributed by atoms with Crippen molar-refractivity contribution in [3.63, 3.8) is 0 Å². The van der Waals surface area contributed by atoms with Crippen LogP contribution in [0, 0.1) is 0 Å². The molecular weight excluding hydrogens is 152 g/mol. The van der Waals surface area contributed by atoms with Crippen LogP contribution < -0.4 is 5.01 Å². The zero-order chi connectivity index (χ0) is 8.39. The highest BCUT2D eigenvalue weighted by atomic mass is 16.1. The molecule has 2 rings (SSSR count). The van der Waals surface area contributed by atoms with E-state index in [1.807, 2.05) is 24.3 Å². The first-order valence-corrected chi connectivity index (χ1v) is 3.76. The van der Waals surface area contributed by atoms with Crippen LogP contribution in [-0.2, 0) is 11.2 Å². The van der Waals surface area contributed by atoms with Crippen LogP contribution >= 0.6 is 0 Å². The molecule has 0 atom stereocenters. The van der Waals surface area contributed by atoms with Crippen molar-refractivity contribution in [3.8, 4) is 0 Å². The Morgan fingerprint density at radius 2 is 2.25 bits per heavy atom. The quantitative estimate of drug-likeness (QED) is 0.568. The molecule has 0 unspecified atom stereocenters. The smallest absolute Gasteiger partial charge is 0.234 e. The van der Waals surface area contributed by atoms with E-state index >= 15 is 0 Å². The number of hydrazone groups is 1. The molecule has 12 heavy (non-hydrogen) atoms. The number of amides is 1. The normalized spacial score (nSPS) is 14.2. The van der Waals surface area contributed by atoms with Crippen molar-refractivity contribution >= 4 is 18.3 Å². The number of para-hydroxylation sites is 1. The lowest BCUT2D eigenvalue weighted by Crippen LogP contribution is -2.19. The maximum Gasteiger partial charge on any atom is 0.234 e. The van der Waals surface area contributed by atoms with Crippen molar-refractivity contribution in [1.29, 1.82) is 0 Å². The molecule has 0 saturated heterocycles. The predicted molar refractivity (Wildman–Crippen MR) is 47.2 cm³/mol. The maximum absolute atomic E-state index is 10.5. The predicted octanol–water partition coefficient (Wildman–Crippen LogP) is 1.19. The van der Waals surface area contributed by atoms with Crippen LogP contribution in [-0.4, -0.2) is 12.6 Å². The Kier molecular flexibility index (Phi) is 1.63. The lowest BCUT2D eigenvalue weighted by atomic mass is 10.1. The van der Waals surface area contributed by atoms with Gasteiger partial charge in [0.05, 0.1) is 5.69 Å². The third-order valence-electron chi connectivity index (χ3n) is 1.86. The molecule has 1 aliphatic heterocycles. The number of anilines is 1. The van der Waals surface area contributed by atoms with E-state index in [4.69, 9.17) is 0 Å². The Morgan fingerprint density at radius 1 is 1.42 bits per heavy atom. The molecule has 0 radical (unpaired) electrons. The standard InChI is InChI=1S/C9H8N2O/c12-7-11-9-4-2-1-3-8(9)5-6-10-11/h1-4,6-7H,5H2. The van der Waals surface area contributed by atoms with Gasteiger partial charge < -0.3 is 0 Å². The van der Waals surface area contributed by atoms with Crippen LogP contribution in [0.25, 0.3) is 0 Å². The first-order chi connectivity index (χ1) is 5.92. The summed E-state index contributed by atoms with van der Waals surface area (Å²) >= 11 is 0. The average molecular weight is 160 g/mol. The minimum Gasteiger partial charge on any atom is -0.276 e. The van der Waals surface area contributed by atoms with E-state index in [0.717, 1.165) is 17.7 Å². The summed E-state index contributed by atoms with van der Waals surface area (Å²) in [7, 11) is 0. The molecule has 0 aliphatic carbocycles. The second-order valence-electron chi connectivity index (χ2n) is 2.58. The van der Waals surface area contributed by atoms with Gasteiger partial charge in [0, 0.05) is 12.6 Å². The summed E-state index contributed by atoms with van der Waals surface area (Å²) in [6, 6.07) is 7.74. The van der Waals surface area contributed by atoms with Crippen LogP contribution in [0.4, 0.5) is 5.69 Å². The lowest BCUT2D eigenvalue weighted by Gasteiger charge is -2.18. The molecule has 1 aromatic rings. The number of hydrogen-bond donors (Lipinski definition) is 0. The van der Waals surface area contributed by atoms with E-state index in [1.54, 1.807) is 6.21 Å². The number of hydrogen-bond acceptors (Lipinski definition) is 2. The van der Waals surface area contributed by atoms with Crippen LogP contribution in [0.2, 0.25) is 0 Å². The van der Waals surface area contributed by atoms with Crippen LogP contribution in [0.1, 0.15) is 5.56 Å². The molecule has 1 heterocycles. The molecule has 1 aromatic carbocycles. The fraction of sp³-hybridized carbons (Fsp3) is 0.111. The van der Waals surface area contributed by atoms with E-state index < -0.39 is 0 Å². The number of carbonyl (C=O) groups excluding carboxylic acids is 1. The molecule has 3 nitrogen and oxygen atoms in total. The van der Waals surface area contributed by atoms with E-state index in [0.29, 0.717) is 6.41 Å². The second-order valence-corrected chi connectivity index (χ2v) is 2.58. The summed E-state index contributed by atoms with van der Waals surface area (Å²) < 4.78 is 0. The Labute approximate surface area is 70.3 Å². The molecule has 3 heteroatoms. The average Bonchev–Trinajstić information content (AvgIpc) is 2.17. The summed E-state index contributed by atoms with van der Waals surface area (Å²) in [6.45, 7) is 0. The van der Waals surface area contributed by atoms with Gasteiger partial charge in [-0.3, -0.25) is 4.79 Å². The Morgan fingerprint density at radius 3 is 3.08 bits per heavy atom. The zero-order valence-electron chi connectivity index (χ0n) is 6.47. The van der Waals surface area contributed by atoms with Gasteiger partial charge in [0.2, 0.25) is 6.41 Å². The third kappa shape index (κ3) is 0.993. The number of fused-ring (bicyclic) bond motifs is 1. The van der Waals surface area contributed by atoms with Gasteiger partial charge in [-0.1, -0.05) is 18.2 Å². The molecule has 1 amide bonds. The van der Waals surface area contributed by atoms with Gasteiger partial charge in [-0.15, -0.1) is 0 Å². The SMILES string of the molecule is O=CN1N=CCc2ccccc21.